The second-order valence-corrected chi connectivity index (χ2v) is 3.78. The molecule has 0 heterocycles. The molecule has 0 saturated carbocycles. The molecule has 0 saturated heterocycles. The SMILES string of the molecule is CC(NC(=O)CCC(=O)O)c1cccc(O)c1. The molecule has 5 nitrogen and oxygen atoms in total. The lowest BCUT2D eigenvalue weighted by Gasteiger charge is -2.14. The highest BCUT2D eigenvalue weighted by molar-refractivity contribution is 5.80. The van der Waals surface area contributed by atoms with Gasteiger partial charge in [-0.15, -0.1) is 0 Å². The van der Waals surface area contributed by atoms with Crippen molar-refractivity contribution in [3.8, 4) is 5.75 Å². The fourth-order valence-electron chi connectivity index (χ4n) is 1.41. The van der Waals surface area contributed by atoms with Gasteiger partial charge in [0.25, 0.3) is 0 Å². The minimum absolute atomic E-state index is 0.0432. The number of carbonyl (C=O) groups is 2. The van der Waals surface area contributed by atoms with Gasteiger partial charge in [-0.05, 0) is 24.6 Å². The first-order valence-corrected chi connectivity index (χ1v) is 5.29. The second kappa shape index (κ2) is 5.89. The standard InChI is InChI=1S/C12H15NO4/c1-8(9-3-2-4-10(14)7-9)13-11(15)5-6-12(16)17/h2-4,7-8,14H,5-6H2,1H3,(H,13,15)(H,16,17). The number of carboxylic acids is 1. The number of benzene rings is 1. The molecule has 0 bridgehead atoms. The molecule has 1 rings (SSSR count). The lowest BCUT2D eigenvalue weighted by molar-refractivity contribution is -0.138. The number of amides is 1. The quantitative estimate of drug-likeness (QED) is 0.723. The molecule has 0 spiro atoms. The Morgan fingerprint density at radius 3 is 2.65 bits per heavy atom. The zero-order valence-corrected chi connectivity index (χ0v) is 9.51. The van der Waals surface area contributed by atoms with E-state index in [1.807, 2.05) is 0 Å². The van der Waals surface area contributed by atoms with Gasteiger partial charge in [0.15, 0.2) is 0 Å². The highest BCUT2D eigenvalue weighted by atomic mass is 16.4. The zero-order chi connectivity index (χ0) is 12.8. The Morgan fingerprint density at radius 2 is 2.06 bits per heavy atom. The lowest BCUT2D eigenvalue weighted by atomic mass is 10.1. The highest BCUT2D eigenvalue weighted by Crippen LogP contribution is 2.17. The molecular weight excluding hydrogens is 222 g/mol. The Balaban J connectivity index is 2.51. The van der Waals surface area contributed by atoms with Crippen LogP contribution in [-0.2, 0) is 9.59 Å². The Bertz CT molecular complexity index is 417. The van der Waals surface area contributed by atoms with Crippen LogP contribution in [0.1, 0.15) is 31.4 Å². The summed E-state index contributed by atoms with van der Waals surface area (Å²) in [7, 11) is 0. The van der Waals surface area contributed by atoms with Gasteiger partial charge in [0, 0.05) is 6.42 Å². The maximum Gasteiger partial charge on any atom is 0.303 e. The molecule has 0 aliphatic heterocycles. The first kappa shape index (κ1) is 13.0. The summed E-state index contributed by atoms with van der Waals surface area (Å²) in [6.45, 7) is 1.77. The molecule has 92 valence electrons. The van der Waals surface area contributed by atoms with E-state index in [1.54, 1.807) is 31.2 Å². The van der Waals surface area contributed by atoms with Crippen molar-refractivity contribution < 1.29 is 19.8 Å². The average Bonchev–Trinajstić information content (AvgIpc) is 2.26. The summed E-state index contributed by atoms with van der Waals surface area (Å²) in [5, 5.41) is 20.4. The third-order valence-electron chi connectivity index (χ3n) is 2.31. The van der Waals surface area contributed by atoms with E-state index < -0.39 is 5.97 Å². The van der Waals surface area contributed by atoms with Crippen molar-refractivity contribution in [1.82, 2.24) is 5.32 Å². The first-order valence-electron chi connectivity index (χ1n) is 5.29. The predicted molar refractivity (Wildman–Crippen MR) is 61.5 cm³/mol. The Labute approximate surface area is 99.1 Å². The third kappa shape index (κ3) is 4.55. The molecule has 1 amide bonds. The van der Waals surface area contributed by atoms with E-state index in [0.717, 1.165) is 5.56 Å². The van der Waals surface area contributed by atoms with Crippen molar-refractivity contribution in [2.75, 3.05) is 0 Å². The predicted octanol–water partition coefficient (Wildman–Crippen LogP) is 1.43. The molecule has 0 aliphatic carbocycles. The van der Waals surface area contributed by atoms with Gasteiger partial charge in [-0.25, -0.2) is 0 Å². The summed E-state index contributed by atoms with van der Waals surface area (Å²) >= 11 is 0. The van der Waals surface area contributed by atoms with Crippen LogP contribution in [0, 0.1) is 0 Å². The van der Waals surface area contributed by atoms with Crippen LogP contribution in [0.4, 0.5) is 0 Å². The number of nitrogens with one attached hydrogen (secondary N) is 1. The number of phenols is 1. The summed E-state index contributed by atoms with van der Waals surface area (Å²) < 4.78 is 0. The molecule has 0 radical (unpaired) electrons. The van der Waals surface area contributed by atoms with Crippen LogP contribution in [0.15, 0.2) is 24.3 Å². The van der Waals surface area contributed by atoms with Gasteiger partial charge < -0.3 is 15.5 Å². The van der Waals surface area contributed by atoms with Crippen molar-refractivity contribution in [2.45, 2.75) is 25.8 Å². The number of phenolic OH excluding ortho intramolecular Hbond substituents is 1. The maximum atomic E-state index is 11.4. The molecule has 1 atom stereocenters. The van der Waals surface area contributed by atoms with E-state index in [1.165, 1.54) is 0 Å². The highest BCUT2D eigenvalue weighted by Gasteiger charge is 2.11. The normalized spacial score (nSPS) is 11.8. The Morgan fingerprint density at radius 1 is 1.35 bits per heavy atom. The number of carbonyl (C=O) groups excluding carboxylic acids is 1. The number of rotatable bonds is 5. The van der Waals surface area contributed by atoms with E-state index in [-0.39, 0.29) is 30.5 Å². The van der Waals surface area contributed by atoms with Gasteiger partial charge in [0.2, 0.25) is 5.91 Å². The van der Waals surface area contributed by atoms with Crippen LogP contribution < -0.4 is 5.32 Å². The van der Waals surface area contributed by atoms with E-state index in [4.69, 9.17) is 5.11 Å². The molecule has 1 unspecified atom stereocenters. The van der Waals surface area contributed by atoms with Gasteiger partial charge in [0.05, 0.1) is 12.5 Å². The smallest absolute Gasteiger partial charge is 0.303 e. The summed E-state index contributed by atoms with van der Waals surface area (Å²) in [6.07, 6.45) is -0.225. The molecule has 5 heteroatoms. The van der Waals surface area contributed by atoms with Crippen LogP contribution >= 0.6 is 0 Å². The zero-order valence-electron chi connectivity index (χ0n) is 9.51. The van der Waals surface area contributed by atoms with Crippen LogP contribution in [0.3, 0.4) is 0 Å². The summed E-state index contributed by atoms with van der Waals surface area (Å²) in [6, 6.07) is 6.31. The third-order valence-corrected chi connectivity index (χ3v) is 2.31. The number of aliphatic carboxylic acids is 1. The minimum atomic E-state index is -0.995. The van der Waals surface area contributed by atoms with Crippen molar-refractivity contribution in [3.63, 3.8) is 0 Å². The molecular formula is C12H15NO4. The Hall–Kier alpha value is -2.04. The van der Waals surface area contributed by atoms with Crippen molar-refractivity contribution in [3.05, 3.63) is 29.8 Å². The number of hydrogen-bond donors (Lipinski definition) is 3. The van der Waals surface area contributed by atoms with Gasteiger partial charge in [-0.1, -0.05) is 12.1 Å². The number of carboxylic acid groups (broad SMARTS) is 1. The van der Waals surface area contributed by atoms with Crippen molar-refractivity contribution >= 4 is 11.9 Å². The van der Waals surface area contributed by atoms with E-state index in [0.29, 0.717) is 0 Å². The molecule has 0 aliphatic rings. The van der Waals surface area contributed by atoms with E-state index >= 15 is 0 Å². The maximum absolute atomic E-state index is 11.4. The van der Waals surface area contributed by atoms with E-state index in [2.05, 4.69) is 5.32 Å². The lowest BCUT2D eigenvalue weighted by Crippen LogP contribution is -2.26. The molecule has 17 heavy (non-hydrogen) atoms. The van der Waals surface area contributed by atoms with Crippen LogP contribution in [0.2, 0.25) is 0 Å². The van der Waals surface area contributed by atoms with Crippen LogP contribution in [0.25, 0.3) is 0 Å². The summed E-state index contributed by atoms with van der Waals surface area (Å²) in [4.78, 5) is 21.7. The van der Waals surface area contributed by atoms with Gasteiger partial charge in [-0.3, -0.25) is 9.59 Å². The molecule has 1 aromatic rings. The molecule has 0 fully saturated rings. The fourth-order valence-corrected chi connectivity index (χ4v) is 1.41. The van der Waals surface area contributed by atoms with E-state index in [9.17, 15) is 14.7 Å². The average molecular weight is 237 g/mol. The molecule has 0 aromatic heterocycles. The topological polar surface area (TPSA) is 86.6 Å². The second-order valence-electron chi connectivity index (χ2n) is 3.78. The van der Waals surface area contributed by atoms with Crippen LogP contribution in [-0.4, -0.2) is 22.1 Å². The summed E-state index contributed by atoms with van der Waals surface area (Å²) in [5.74, 6) is -1.18. The van der Waals surface area contributed by atoms with Crippen molar-refractivity contribution in [2.24, 2.45) is 0 Å². The molecule has 1 aromatic carbocycles. The molecule has 3 N–H and O–H groups in total. The van der Waals surface area contributed by atoms with Gasteiger partial charge in [-0.2, -0.15) is 0 Å². The number of aromatic hydroxyl groups is 1. The summed E-state index contributed by atoms with van der Waals surface area (Å²) in [5.41, 5.74) is 0.772. The minimum Gasteiger partial charge on any atom is -0.508 e. The van der Waals surface area contributed by atoms with Crippen LogP contribution in [0.5, 0.6) is 5.75 Å². The Kier molecular flexibility index (Phi) is 4.51. The monoisotopic (exact) mass is 237 g/mol. The first-order chi connectivity index (χ1) is 7.99. The van der Waals surface area contributed by atoms with Gasteiger partial charge in [0.1, 0.15) is 5.75 Å². The fraction of sp³-hybridized carbons (Fsp3) is 0.333. The largest absolute Gasteiger partial charge is 0.508 e. The van der Waals surface area contributed by atoms with Gasteiger partial charge >= 0.3 is 5.97 Å². The van der Waals surface area contributed by atoms with Crippen molar-refractivity contribution in [1.29, 1.82) is 0 Å². The number of hydrogen-bond acceptors (Lipinski definition) is 3.